The van der Waals surface area contributed by atoms with Gasteiger partial charge in [0, 0.05) is 27.6 Å². The van der Waals surface area contributed by atoms with Gasteiger partial charge in [-0.15, -0.1) is 0 Å². The molecule has 0 aliphatic heterocycles. The molecule has 63 heavy (non-hydrogen) atoms. The fourth-order valence-corrected chi connectivity index (χ4v) is 9.04. The third-order valence-corrected chi connectivity index (χ3v) is 11.9. The molecule has 0 unspecified atom stereocenters. The lowest BCUT2D eigenvalue weighted by molar-refractivity contribution is 0.661. The Kier molecular flexibility index (Phi) is 5.41. The van der Waals surface area contributed by atoms with Crippen LogP contribution >= 0.6 is 0 Å². The molecule has 1 aliphatic rings. The highest BCUT2D eigenvalue weighted by molar-refractivity contribution is 6.09. The zero-order valence-corrected chi connectivity index (χ0v) is 33.9. The zero-order valence-electron chi connectivity index (χ0n) is 50.9. The standard InChI is InChI=1S/C61H43NO/c1-61(2)55-25-13-11-22-51(55)54-24-15-26-56(60(54)61)62(48-37-45(40-16-5-3-6-17-40)36-46(38-48)41-18-7-4-8-19-41)47-32-28-43(29-33-47)50-34-30-42-20-9-10-21-49(42)59(50)44-31-35-53-52-23-12-14-27-57(52)63-58(53)39-44/h3-39H,1-2H3/i9D,10D,12D,14D,20D,21D,23D,27D,28D,29D,30D,31D,32D,33D,34D,35D,39D. The summed E-state index contributed by atoms with van der Waals surface area (Å²) in [6.45, 7) is 4.17. The smallest absolute Gasteiger partial charge is 0.136 e. The van der Waals surface area contributed by atoms with Crippen LogP contribution in [0.2, 0.25) is 0 Å². The fourth-order valence-electron chi connectivity index (χ4n) is 9.04. The highest BCUT2D eigenvalue weighted by atomic mass is 16.3. The van der Waals surface area contributed by atoms with E-state index in [4.69, 9.17) is 14.0 Å². The second kappa shape index (κ2) is 14.6. The lowest BCUT2D eigenvalue weighted by Gasteiger charge is -2.33. The maximum Gasteiger partial charge on any atom is 0.136 e. The largest absolute Gasteiger partial charge is 0.456 e. The highest BCUT2D eigenvalue weighted by Crippen LogP contribution is 2.55. The minimum atomic E-state index is -0.846. The van der Waals surface area contributed by atoms with Crippen molar-refractivity contribution in [3.05, 3.63) is 235 Å². The molecule has 0 saturated heterocycles. The van der Waals surface area contributed by atoms with Gasteiger partial charge >= 0.3 is 0 Å². The Morgan fingerprint density at radius 1 is 0.444 bits per heavy atom. The lowest BCUT2D eigenvalue weighted by Crippen LogP contribution is -2.20. The Morgan fingerprint density at radius 2 is 1.08 bits per heavy atom. The molecule has 2 nitrogen and oxygen atoms in total. The number of para-hydroxylation sites is 1. The third-order valence-electron chi connectivity index (χ3n) is 11.9. The average Bonchev–Trinajstić information content (AvgIpc) is 4.16. The van der Waals surface area contributed by atoms with Crippen molar-refractivity contribution >= 4 is 49.8 Å². The van der Waals surface area contributed by atoms with Crippen LogP contribution in [0.3, 0.4) is 0 Å². The fraction of sp³-hybridized carbons (Fsp3) is 0.0492. The van der Waals surface area contributed by atoms with Crippen molar-refractivity contribution in [2.45, 2.75) is 19.3 Å². The quantitative estimate of drug-likeness (QED) is 0.159. The minimum absolute atomic E-state index is 0.213. The number of anilines is 3. The van der Waals surface area contributed by atoms with Gasteiger partial charge in [-0.25, -0.2) is 0 Å². The van der Waals surface area contributed by atoms with Crippen molar-refractivity contribution in [1.29, 1.82) is 0 Å². The van der Waals surface area contributed by atoms with E-state index in [0.717, 1.165) is 44.5 Å². The van der Waals surface area contributed by atoms with Crippen molar-refractivity contribution in [2.24, 2.45) is 0 Å². The van der Waals surface area contributed by atoms with Crippen LogP contribution in [0.1, 0.15) is 48.3 Å². The molecule has 10 aromatic carbocycles. The molecule has 298 valence electrons. The first-order valence-corrected chi connectivity index (χ1v) is 20.5. The third kappa shape index (κ3) is 6.09. The molecular weight excluding hydrogens is 763 g/mol. The molecule has 0 spiro atoms. The van der Waals surface area contributed by atoms with Crippen molar-refractivity contribution in [3.63, 3.8) is 0 Å². The summed E-state index contributed by atoms with van der Waals surface area (Å²) in [4.78, 5) is 1.71. The molecule has 0 N–H and O–H groups in total. The van der Waals surface area contributed by atoms with E-state index in [1.54, 1.807) is 4.90 Å². The molecule has 12 rings (SSSR count). The maximum absolute atomic E-state index is 10.2. The van der Waals surface area contributed by atoms with Gasteiger partial charge in [-0.1, -0.05) is 183 Å². The molecule has 2 heteroatoms. The zero-order chi connectivity index (χ0) is 56.9. The molecule has 0 bridgehead atoms. The van der Waals surface area contributed by atoms with Crippen LogP contribution in [-0.4, -0.2) is 0 Å². The molecule has 0 radical (unpaired) electrons. The van der Waals surface area contributed by atoms with Crippen molar-refractivity contribution in [3.8, 4) is 55.6 Å². The monoisotopic (exact) mass is 822 g/mol. The van der Waals surface area contributed by atoms with Gasteiger partial charge < -0.3 is 9.32 Å². The summed E-state index contributed by atoms with van der Waals surface area (Å²) in [5, 5.41) is -1.67. The van der Waals surface area contributed by atoms with E-state index < -0.39 is 152 Å². The summed E-state index contributed by atoms with van der Waals surface area (Å²) in [6, 6.07) is 26.5. The van der Waals surface area contributed by atoms with E-state index >= 15 is 0 Å². The molecule has 11 aromatic rings. The number of rotatable bonds is 7. The van der Waals surface area contributed by atoms with Crippen LogP contribution in [0.15, 0.2) is 228 Å². The second-order valence-electron chi connectivity index (χ2n) is 15.9. The number of hydrogen-bond acceptors (Lipinski definition) is 2. The Balaban J connectivity index is 1.22. The lowest BCUT2D eigenvalue weighted by atomic mass is 9.81. The van der Waals surface area contributed by atoms with E-state index in [-0.39, 0.29) is 16.5 Å². The highest BCUT2D eigenvalue weighted by Gasteiger charge is 2.38. The Hall–Kier alpha value is -7.94. The molecule has 0 fully saturated rings. The molecular formula is C61H43NO. The first kappa shape index (κ1) is 23.3. The minimum Gasteiger partial charge on any atom is -0.456 e. The van der Waals surface area contributed by atoms with Crippen LogP contribution < -0.4 is 4.90 Å². The topological polar surface area (TPSA) is 16.4 Å². The predicted molar refractivity (Wildman–Crippen MR) is 265 cm³/mol. The van der Waals surface area contributed by atoms with Gasteiger partial charge in [0.1, 0.15) is 11.2 Å². The summed E-state index contributed by atoms with van der Waals surface area (Å²) in [6.07, 6.45) is 0. The van der Waals surface area contributed by atoms with Gasteiger partial charge in [-0.2, -0.15) is 0 Å². The molecule has 0 atom stereocenters. The van der Waals surface area contributed by atoms with Crippen molar-refractivity contribution in [1.82, 2.24) is 0 Å². The molecule has 0 saturated carbocycles. The Bertz CT molecular complexity index is 4450. The van der Waals surface area contributed by atoms with Gasteiger partial charge in [0.05, 0.1) is 29.0 Å². The predicted octanol–water partition coefficient (Wildman–Crippen LogP) is 17.2. The van der Waals surface area contributed by atoms with E-state index in [1.807, 2.05) is 115 Å². The number of benzene rings is 10. The van der Waals surface area contributed by atoms with Gasteiger partial charge in [-0.3, -0.25) is 0 Å². The maximum atomic E-state index is 10.2. The first-order chi connectivity index (χ1) is 38.1. The summed E-state index contributed by atoms with van der Waals surface area (Å²) in [5.41, 5.74) is 3.71. The Labute approximate surface area is 391 Å². The Morgan fingerprint density at radius 3 is 1.84 bits per heavy atom. The number of furan rings is 1. The van der Waals surface area contributed by atoms with E-state index in [1.165, 1.54) is 0 Å². The summed E-state index contributed by atoms with van der Waals surface area (Å²) in [7, 11) is 0. The summed E-state index contributed by atoms with van der Waals surface area (Å²) in [5.74, 6) is 0. The van der Waals surface area contributed by atoms with Gasteiger partial charge in [0.25, 0.3) is 0 Å². The average molecular weight is 823 g/mol. The van der Waals surface area contributed by atoms with Crippen molar-refractivity contribution < 1.29 is 27.7 Å². The van der Waals surface area contributed by atoms with Crippen LogP contribution in [0.4, 0.5) is 17.1 Å². The molecule has 1 aliphatic carbocycles. The number of fused-ring (bicyclic) bond motifs is 7. The summed E-state index contributed by atoms with van der Waals surface area (Å²) >= 11 is 0. The van der Waals surface area contributed by atoms with Crippen LogP contribution in [0, 0.1) is 0 Å². The second-order valence-corrected chi connectivity index (χ2v) is 15.9. The molecule has 1 heterocycles. The van der Waals surface area contributed by atoms with Crippen LogP contribution in [0.25, 0.3) is 88.3 Å². The van der Waals surface area contributed by atoms with Gasteiger partial charge in [0.15, 0.2) is 0 Å². The SMILES string of the molecule is [2H]c1c([2H])c(N(c2cc(-c3ccccc3)cc(-c3ccccc3)c2)c2cccc3c2C(C)(C)c2ccccc2-3)c([2H])c([2H])c1-c1c([2H])c([2H])c2c([2H])c([2H])c([2H])c([2H])c2c1-c1c([2H])c([2H])c2c(oc3c([2H])c([2H])c([2H])c([2H])c32)c1[2H]. The summed E-state index contributed by atoms with van der Waals surface area (Å²) < 4.78 is 165. The van der Waals surface area contributed by atoms with Crippen molar-refractivity contribution in [2.75, 3.05) is 4.90 Å². The van der Waals surface area contributed by atoms with Crippen LogP contribution in [-0.2, 0) is 5.41 Å². The van der Waals surface area contributed by atoms with E-state index in [9.17, 15) is 13.7 Å². The first-order valence-electron chi connectivity index (χ1n) is 29.0. The molecule has 1 aromatic heterocycles. The molecule has 0 amide bonds. The normalized spacial score (nSPS) is 16.5. The van der Waals surface area contributed by atoms with Gasteiger partial charge in [0.2, 0.25) is 0 Å². The number of nitrogens with zero attached hydrogens (tertiary/aromatic N) is 1. The van der Waals surface area contributed by atoms with E-state index in [0.29, 0.717) is 11.4 Å². The van der Waals surface area contributed by atoms with E-state index in [2.05, 4.69) is 19.9 Å². The number of hydrogen-bond donors (Lipinski definition) is 0. The van der Waals surface area contributed by atoms with Gasteiger partial charge in [-0.05, 0) is 132 Å². The van der Waals surface area contributed by atoms with Crippen LogP contribution in [0.5, 0.6) is 0 Å².